The fourth-order valence-electron chi connectivity index (χ4n) is 3.71. The Kier molecular flexibility index (Phi) is 4.71. The quantitative estimate of drug-likeness (QED) is 0.656. The van der Waals surface area contributed by atoms with Crippen LogP contribution in [0.3, 0.4) is 0 Å². The second-order valence-corrected chi connectivity index (χ2v) is 6.74. The van der Waals surface area contributed by atoms with Crippen LogP contribution in [0.1, 0.15) is 46.9 Å². The van der Waals surface area contributed by atoms with Crippen LogP contribution in [0.15, 0.2) is 48.5 Å². The zero-order valence-electron chi connectivity index (χ0n) is 15.7. The molecule has 0 atom stereocenters. The summed E-state index contributed by atoms with van der Waals surface area (Å²) >= 11 is 0. The number of H-pyrrole nitrogens is 1. The molecule has 0 saturated heterocycles. The predicted molar refractivity (Wildman–Crippen MR) is 107 cm³/mol. The molecule has 0 bridgehead atoms. The maximum Gasteiger partial charge on any atom is 0.354 e. The molecule has 4 nitrogen and oxygen atoms in total. The number of hydrogen-bond acceptors (Lipinski definition) is 3. The molecule has 138 valence electrons. The van der Waals surface area contributed by atoms with Crippen LogP contribution in [0.25, 0.3) is 16.5 Å². The lowest BCUT2D eigenvalue weighted by molar-refractivity contribution is 0.0520. The smallest absolute Gasteiger partial charge is 0.354 e. The summed E-state index contributed by atoms with van der Waals surface area (Å²) in [7, 11) is 1.70. The molecule has 2 aromatic carbocycles. The third-order valence-electron chi connectivity index (χ3n) is 5.03. The minimum atomic E-state index is -0.318. The predicted octanol–water partition coefficient (Wildman–Crippen LogP) is 5.12. The average molecular weight is 361 g/mol. The van der Waals surface area contributed by atoms with Crippen molar-refractivity contribution in [1.82, 2.24) is 4.98 Å². The van der Waals surface area contributed by atoms with Crippen LogP contribution in [-0.2, 0) is 11.2 Å². The molecule has 0 amide bonds. The van der Waals surface area contributed by atoms with Gasteiger partial charge in [0.25, 0.3) is 0 Å². The number of benzene rings is 2. The van der Waals surface area contributed by atoms with Crippen LogP contribution in [0.5, 0.6) is 5.75 Å². The number of allylic oxidation sites excluding steroid dienone is 1. The highest BCUT2D eigenvalue weighted by atomic mass is 16.5. The van der Waals surface area contributed by atoms with E-state index in [1.165, 1.54) is 16.7 Å². The first-order valence-electron chi connectivity index (χ1n) is 9.37. The SMILES string of the molecule is CCOC(=O)c1cc2cc(C3=CCCCc4cc(OC)ccc43)ccc2[nH]1. The Hall–Kier alpha value is -3.01. The Morgan fingerprint density at radius 3 is 2.85 bits per heavy atom. The molecule has 1 aromatic heterocycles. The van der Waals surface area contributed by atoms with E-state index in [2.05, 4.69) is 35.3 Å². The topological polar surface area (TPSA) is 51.3 Å². The number of nitrogens with one attached hydrogen (secondary N) is 1. The number of ether oxygens (including phenoxy) is 2. The summed E-state index contributed by atoms with van der Waals surface area (Å²) in [6.07, 6.45) is 5.54. The lowest BCUT2D eigenvalue weighted by atomic mass is 9.93. The maximum atomic E-state index is 12.0. The standard InChI is InChI=1S/C23H23NO3/c1-3-27-23(25)22-14-17-12-16(8-11-21(17)24-22)19-7-5-4-6-15-13-18(26-2)9-10-20(15)19/h7-14,24H,3-6H2,1-2H3. The van der Waals surface area contributed by atoms with Crippen LogP contribution in [-0.4, -0.2) is 24.7 Å². The summed E-state index contributed by atoms with van der Waals surface area (Å²) in [5.41, 5.74) is 6.40. The molecular formula is C23H23NO3. The summed E-state index contributed by atoms with van der Waals surface area (Å²) in [5.74, 6) is 0.580. The molecule has 27 heavy (non-hydrogen) atoms. The molecule has 0 fully saturated rings. The third-order valence-corrected chi connectivity index (χ3v) is 5.03. The Labute approximate surface area is 158 Å². The molecule has 3 aromatic rings. The van der Waals surface area contributed by atoms with Gasteiger partial charge in [-0.05, 0) is 78.8 Å². The van der Waals surface area contributed by atoms with Gasteiger partial charge in [0.2, 0.25) is 0 Å². The van der Waals surface area contributed by atoms with Crippen LogP contribution in [0, 0.1) is 0 Å². The highest BCUT2D eigenvalue weighted by Gasteiger charge is 2.16. The molecule has 1 aliphatic rings. The number of hydrogen-bond donors (Lipinski definition) is 1. The van der Waals surface area contributed by atoms with E-state index in [0.717, 1.165) is 41.5 Å². The van der Waals surface area contributed by atoms with Crippen molar-refractivity contribution in [2.45, 2.75) is 26.2 Å². The fraction of sp³-hybridized carbons (Fsp3) is 0.261. The molecule has 0 radical (unpaired) electrons. The number of aromatic nitrogens is 1. The molecule has 0 unspecified atom stereocenters. The monoisotopic (exact) mass is 361 g/mol. The molecular weight excluding hydrogens is 338 g/mol. The van der Waals surface area contributed by atoms with Crippen molar-refractivity contribution < 1.29 is 14.3 Å². The van der Waals surface area contributed by atoms with Crippen LogP contribution < -0.4 is 4.74 Å². The van der Waals surface area contributed by atoms with Crippen molar-refractivity contribution in [2.24, 2.45) is 0 Å². The number of fused-ring (bicyclic) bond motifs is 2. The summed E-state index contributed by atoms with van der Waals surface area (Å²) in [6, 6.07) is 14.5. The van der Waals surface area contributed by atoms with Crippen LogP contribution in [0.4, 0.5) is 0 Å². The van der Waals surface area contributed by atoms with Crippen molar-refractivity contribution in [3.8, 4) is 5.75 Å². The summed E-state index contributed by atoms with van der Waals surface area (Å²) in [4.78, 5) is 15.1. The van der Waals surface area contributed by atoms with Gasteiger partial charge >= 0.3 is 5.97 Å². The minimum absolute atomic E-state index is 0.318. The Morgan fingerprint density at radius 2 is 2.04 bits per heavy atom. The third kappa shape index (κ3) is 3.35. The molecule has 0 saturated carbocycles. The molecule has 1 N–H and O–H groups in total. The molecule has 0 spiro atoms. The highest BCUT2D eigenvalue weighted by Crippen LogP contribution is 2.34. The normalized spacial score (nSPS) is 13.6. The summed E-state index contributed by atoms with van der Waals surface area (Å²) < 4.78 is 10.5. The van der Waals surface area contributed by atoms with Gasteiger partial charge < -0.3 is 14.5 Å². The van der Waals surface area contributed by atoms with Gasteiger partial charge in [-0.3, -0.25) is 0 Å². The van der Waals surface area contributed by atoms with E-state index < -0.39 is 0 Å². The number of aryl methyl sites for hydroxylation is 1. The van der Waals surface area contributed by atoms with Gasteiger partial charge in [-0.2, -0.15) is 0 Å². The Morgan fingerprint density at radius 1 is 1.15 bits per heavy atom. The van der Waals surface area contributed by atoms with Crippen molar-refractivity contribution in [2.75, 3.05) is 13.7 Å². The van der Waals surface area contributed by atoms with E-state index >= 15 is 0 Å². The fourth-order valence-corrected chi connectivity index (χ4v) is 3.71. The van der Waals surface area contributed by atoms with Crippen LogP contribution >= 0.6 is 0 Å². The van der Waals surface area contributed by atoms with Gasteiger partial charge in [-0.15, -0.1) is 0 Å². The first-order chi connectivity index (χ1) is 13.2. The number of carbonyl (C=O) groups excluding carboxylic acids is 1. The largest absolute Gasteiger partial charge is 0.497 e. The summed E-state index contributed by atoms with van der Waals surface area (Å²) in [6.45, 7) is 2.18. The van der Waals surface area contributed by atoms with Gasteiger partial charge in [0.15, 0.2) is 0 Å². The van der Waals surface area contributed by atoms with Gasteiger partial charge in [0, 0.05) is 10.9 Å². The second kappa shape index (κ2) is 7.31. The average Bonchev–Trinajstić information content (AvgIpc) is 3.00. The van der Waals surface area contributed by atoms with Crippen molar-refractivity contribution in [3.05, 3.63) is 70.9 Å². The lowest BCUT2D eigenvalue weighted by Crippen LogP contribution is -2.04. The van der Waals surface area contributed by atoms with E-state index in [9.17, 15) is 4.79 Å². The zero-order chi connectivity index (χ0) is 18.8. The van der Waals surface area contributed by atoms with Crippen molar-refractivity contribution >= 4 is 22.4 Å². The first kappa shape index (κ1) is 17.4. The van der Waals surface area contributed by atoms with E-state index in [-0.39, 0.29) is 5.97 Å². The molecule has 1 heterocycles. The van der Waals surface area contributed by atoms with Crippen molar-refractivity contribution in [1.29, 1.82) is 0 Å². The first-order valence-corrected chi connectivity index (χ1v) is 9.37. The zero-order valence-corrected chi connectivity index (χ0v) is 15.7. The van der Waals surface area contributed by atoms with Gasteiger partial charge in [0.1, 0.15) is 11.4 Å². The van der Waals surface area contributed by atoms with Gasteiger partial charge in [-0.1, -0.05) is 18.2 Å². The number of aromatic amines is 1. The summed E-state index contributed by atoms with van der Waals surface area (Å²) in [5, 5.41) is 1.01. The Balaban J connectivity index is 1.76. The van der Waals surface area contributed by atoms with Crippen LogP contribution in [0.2, 0.25) is 0 Å². The molecule has 0 aliphatic heterocycles. The second-order valence-electron chi connectivity index (χ2n) is 6.74. The number of rotatable bonds is 4. The van der Waals surface area contributed by atoms with Crippen molar-refractivity contribution in [3.63, 3.8) is 0 Å². The van der Waals surface area contributed by atoms with Gasteiger partial charge in [0.05, 0.1) is 13.7 Å². The Bertz CT molecular complexity index is 1030. The number of esters is 1. The van der Waals surface area contributed by atoms with E-state index in [1.807, 2.05) is 25.1 Å². The molecule has 4 rings (SSSR count). The minimum Gasteiger partial charge on any atom is -0.497 e. The highest BCUT2D eigenvalue weighted by molar-refractivity contribution is 5.96. The maximum absolute atomic E-state index is 12.0. The lowest BCUT2D eigenvalue weighted by Gasteiger charge is -2.13. The van der Waals surface area contributed by atoms with Gasteiger partial charge in [-0.25, -0.2) is 4.79 Å². The molecule has 1 aliphatic carbocycles. The number of methoxy groups -OCH3 is 1. The number of carbonyl (C=O) groups is 1. The van der Waals surface area contributed by atoms with E-state index in [0.29, 0.717) is 12.3 Å². The van der Waals surface area contributed by atoms with E-state index in [1.54, 1.807) is 7.11 Å². The van der Waals surface area contributed by atoms with E-state index in [4.69, 9.17) is 9.47 Å². The molecule has 4 heteroatoms.